The first-order chi connectivity index (χ1) is 13.1. The molecular weight excluding hydrogens is 352 g/mol. The van der Waals surface area contributed by atoms with E-state index in [1.165, 1.54) is 6.07 Å². The summed E-state index contributed by atoms with van der Waals surface area (Å²) in [7, 11) is 0. The van der Waals surface area contributed by atoms with Crippen molar-refractivity contribution in [3.8, 4) is 0 Å². The van der Waals surface area contributed by atoms with E-state index in [1.807, 2.05) is 30.3 Å². The Kier molecular flexibility index (Phi) is 4.90. The van der Waals surface area contributed by atoms with Gasteiger partial charge in [-0.1, -0.05) is 48.5 Å². The second kappa shape index (κ2) is 7.48. The maximum Gasteiger partial charge on any atom is 0.411 e. The van der Waals surface area contributed by atoms with Crippen molar-refractivity contribution in [3.63, 3.8) is 0 Å². The number of carbonyl (C=O) groups excluding carboxylic acids is 1. The fourth-order valence-corrected chi connectivity index (χ4v) is 3.63. The summed E-state index contributed by atoms with van der Waals surface area (Å²) in [5, 5.41) is 0. The molecule has 2 atom stereocenters. The van der Waals surface area contributed by atoms with Crippen LogP contribution in [0.3, 0.4) is 0 Å². The topological polar surface area (TPSA) is 38.8 Å². The van der Waals surface area contributed by atoms with Crippen molar-refractivity contribution in [3.05, 3.63) is 77.4 Å². The quantitative estimate of drug-likeness (QED) is 0.813. The number of hydrogen-bond acceptors (Lipinski definition) is 3. The zero-order valence-electron chi connectivity index (χ0n) is 14.6. The minimum Gasteiger partial charge on any atom is -0.445 e. The Morgan fingerprint density at radius 3 is 2.70 bits per heavy atom. The van der Waals surface area contributed by atoms with Gasteiger partial charge >= 0.3 is 6.09 Å². The van der Waals surface area contributed by atoms with Gasteiger partial charge < -0.3 is 9.47 Å². The highest BCUT2D eigenvalue weighted by atomic mass is 19.2. The number of ether oxygens (including phenoxy) is 2. The molecule has 2 aromatic rings. The van der Waals surface area contributed by atoms with E-state index in [1.54, 1.807) is 17.0 Å². The van der Waals surface area contributed by atoms with E-state index in [4.69, 9.17) is 9.47 Å². The Morgan fingerprint density at radius 2 is 1.93 bits per heavy atom. The molecule has 6 heteroatoms. The number of fused-ring (bicyclic) bond motifs is 2. The standard InChI is InChI=1S/C21H19F2NO3/c22-19-8-4-7-18(20(19)23)15-9-16-12-26-13-17(10-15)24(16)21(25)27-11-14-5-2-1-3-6-14/h1-9,16-17H,10-13H2. The Balaban J connectivity index is 1.53. The fraction of sp³-hybridized carbons (Fsp3) is 0.286. The monoisotopic (exact) mass is 371 g/mol. The summed E-state index contributed by atoms with van der Waals surface area (Å²) in [6.45, 7) is 0.828. The lowest BCUT2D eigenvalue weighted by Gasteiger charge is -2.43. The Bertz CT molecular complexity index is 869. The summed E-state index contributed by atoms with van der Waals surface area (Å²) in [6.07, 6.45) is 1.74. The molecule has 140 valence electrons. The smallest absolute Gasteiger partial charge is 0.411 e. The average molecular weight is 371 g/mol. The van der Waals surface area contributed by atoms with Crippen molar-refractivity contribution in [2.24, 2.45) is 0 Å². The van der Waals surface area contributed by atoms with Gasteiger partial charge in [-0.05, 0) is 23.6 Å². The lowest BCUT2D eigenvalue weighted by atomic mass is 9.90. The van der Waals surface area contributed by atoms with Crippen LogP contribution in [0.5, 0.6) is 0 Å². The van der Waals surface area contributed by atoms with Crippen molar-refractivity contribution in [2.45, 2.75) is 25.1 Å². The van der Waals surface area contributed by atoms with Crippen molar-refractivity contribution in [1.82, 2.24) is 4.90 Å². The van der Waals surface area contributed by atoms with E-state index >= 15 is 0 Å². The summed E-state index contributed by atoms with van der Waals surface area (Å²) in [5.41, 5.74) is 1.84. The van der Waals surface area contributed by atoms with Crippen molar-refractivity contribution < 1.29 is 23.0 Å². The van der Waals surface area contributed by atoms with Crippen molar-refractivity contribution >= 4 is 11.7 Å². The molecule has 2 unspecified atom stereocenters. The van der Waals surface area contributed by atoms with Crippen LogP contribution in [0.1, 0.15) is 17.5 Å². The molecule has 2 bridgehead atoms. The minimum atomic E-state index is -0.875. The van der Waals surface area contributed by atoms with Gasteiger partial charge in [0.2, 0.25) is 0 Å². The molecule has 0 spiro atoms. The SMILES string of the molecule is O=C(OCc1ccccc1)N1C2C=C(c3cccc(F)c3F)CC1COC2. The molecule has 2 aliphatic rings. The normalized spacial score (nSPS) is 21.6. The summed E-state index contributed by atoms with van der Waals surface area (Å²) in [5.74, 6) is -1.73. The summed E-state index contributed by atoms with van der Waals surface area (Å²) < 4.78 is 38.8. The molecule has 0 radical (unpaired) electrons. The van der Waals surface area contributed by atoms with Crippen LogP contribution in [0.4, 0.5) is 13.6 Å². The van der Waals surface area contributed by atoms with Gasteiger partial charge in [-0.15, -0.1) is 0 Å². The number of nitrogens with zero attached hydrogens (tertiary/aromatic N) is 1. The van der Waals surface area contributed by atoms with Gasteiger partial charge in [-0.2, -0.15) is 0 Å². The van der Waals surface area contributed by atoms with Gasteiger partial charge in [0.15, 0.2) is 11.6 Å². The lowest BCUT2D eigenvalue weighted by molar-refractivity contribution is -0.0342. The zero-order valence-corrected chi connectivity index (χ0v) is 14.6. The number of benzene rings is 2. The van der Waals surface area contributed by atoms with Crippen LogP contribution in [0.15, 0.2) is 54.6 Å². The van der Waals surface area contributed by atoms with Crippen LogP contribution in [-0.4, -0.2) is 36.3 Å². The number of amides is 1. The highest BCUT2D eigenvalue weighted by Gasteiger charge is 2.39. The van der Waals surface area contributed by atoms with Gasteiger partial charge in [-0.25, -0.2) is 13.6 Å². The lowest BCUT2D eigenvalue weighted by Crippen LogP contribution is -2.56. The first kappa shape index (κ1) is 17.7. The van der Waals surface area contributed by atoms with Gasteiger partial charge in [0.1, 0.15) is 6.61 Å². The Hall–Kier alpha value is -2.73. The number of halogens is 2. The molecule has 2 heterocycles. The largest absolute Gasteiger partial charge is 0.445 e. The van der Waals surface area contributed by atoms with Crippen LogP contribution < -0.4 is 0 Å². The van der Waals surface area contributed by atoms with Crippen LogP contribution >= 0.6 is 0 Å². The minimum absolute atomic E-state index is 0.186. The molecule has 0 saturated carbocycles. The molecule has 1 saturated heterocycles. The molecule has 0 aliphatic carbocycles. The Morgan fingerprint density at radius 1 is 1.11 bits per heavy atom. The molecular formula is C21H19F2NO3. The molecule has 1 fully saturated rings. The highest BCUT2D eigenvalue weighted by Crippen LogP contribution is 2.34. The van der Waals surface area contributed by atoms with Gasteiger partial charge in [0.05, 0.1) is 25.3 Å². The van der Waals surface area contributed by atoms with E-state index in [9.17, 15) is 13.6 Å². The molecule has 0 N–H and O–H groups in total. The summed E-state index contributed by atoms with van der Waals surface area (Å²) in [6, 6.07) is 13.0. The first-order valence-corrected chi connectivity index (χ1v) is 8.85. The van der Waals surface area contributed by atoms with E-state index in [-0.39, 0.29) is 24.3 Å². The van der Waals surface area contributed by atoms with E-state index < -0.39 is 17.7 Å². The Labute approximate surface area is 156 Å². The van der Waals surface area contributed by atoms with Crippen molar-refractivity contribution in [1.29, 1.82) is 0 Å². The molecule has 2 aromatic carbocycles. The van der Waals surface area contributed by atoms with Crippen LogP contribution in [0.2, 0.25) is 0 Å². The molecule has 1 amide bonds. The van der Waals surface area contributed by atoms with Crippen LogP contribution in [0.25, 0.3) is 5.57 Å². The third kappa shape index (κ3) is 3.57. The fourth-order valence-electron chi connectivity index (χ4n) is 3.63. The predicted octanol–water partition coefficient (Wildman–Crippen LogP) is 4.16. The average Bonchev–Trinajstić information content (AvgIpc) is 2.68. The number of rotatable bonds is 3. The number of hydrogen-bond donors (Lipinski definition) is 0. The van der Waals surface area contributed by atoms with Crippen LogP contribution in [0, 0.1) is 11.6 Å². The van der Waals surface area contributed by atoms with E-state index in [2.05, 4.69) is 0 Å². The second-order valence-corrected chi connectivity index (χ2v) is 6.70. The van der Waals surface area contributed by atoms with Crippen LogP contribution in [-0.2, 0) is 16.1 Å². The molecule has 4 rings (SSSR count). The van der Waals surface area contributed by atoms with E-state index in [0.29, 0.717) is 25.2 Å². The molecule has 2 aliphatic heterocycles. The number of morpholine rings is 1. The summed E-state index contributed by atoms with van der Waals surface area (Å²) >= 11 is 0. The van der Waals surface area contributed by atoms with Crippen molar-refractivity contribution in [2.75, 3.05) is 13.2 Å². The zero-order chi connectivity index (χ0) is 18.8. The third-order valence-corrected chi connectivity index (χ3v) is 4.91. The van der Waals surface area contributed by atoms with Gasteiger partial charge in [0, 0.05) is 5.56 Å². The van der Waals surface area contributed by atoms with Gasteiger partial charge in [-0.3, -0.25) is 4.90 Å². The molecule has 4 nitrogen and oxygen atoms in total. The third-order valence-electron chi connectivity index (χ3n) is 4.91. The van der Waals surface area contributed by atoms with E-state index in [0.717, 1.165) is 11.6 Å². The second-order valence-electron chi connectivity index (χ2n) is 6.70. The number of carbonyl (C=O) groups is 1. The maximum atomic E-state index is 14.2. The maximum absolute atomic E-state index is 14.2. The predicted molar refractivity (Wildman–Crippen MR) is 95.8 cm³/mol. The molecule has 27 heavy (non-hydrogen) atoms. The molecule has 0 aromatic heterocycles. The first-order valence-electron chi connectivity index (χ1n) is 8.85. The van der Waals surface area contributed by atoms with Gasteiger partial charge in [0.25, 0.3) is 0 Å². The highest BCUT2D eigenvalue weighted by molar-refractivity contribution is 5.74. The summed E-state index contributed by atoms with van der Waals surface area (Å²) in [4.78, 5) is 14.3.